The molecule has 4 nitrogen and oxygen atoms in total. The summed E-state index contributed by atoms with van der Waals surface area (Å²) in [6.07, 6.45) is 0.820. The molecule has 1 unspecified atom stereocenters. The normalized spacial score (nSPS) is 19.6. The molecule has 0 spiro atoms. The lowest BCUT2D eigenvalue weighted by Gasteiger charge is -2.26. The molecule has 0 bridgehead atoms. The van der Waals surface area contributed by atoms with Gasteiger partial charge in [0.15, 0.2) is 0 Å². The second kappa shape index (κ2) is 7.04. The molecule has 0 aliphatic carbocycles. The molecular weight excluding hydrogens is 327 g/mol. The van der Waals surface area contributed by atoms with Crippen molar-refractivity contribution in [3.63, 3.8) is 0 Å². The van der Waals surface area contributed by atoms with Crippen LogP contribution in [0, 0.1) is 5.82 Å². The van der Waals surface area contributed by atoms with Crippen LogP contribution in [0.2, 0.25) is 0 Å². The fraction of sp³-hybridized carbons (Fsp3) is 0.500. The van der Waals surface area contributed by atoms with Gasteiger partial charge in [0, 0.05) is 35.8 Å². The number of nitrogens with one attached hydrogen (secondary N) is 1. The Morgan fingerprint density at radius 2 is 2.35 bits per heavy atom. The first-order valence-electron chi connectivity index (χ1n) is 6.64. The van der Waals surface area contributed by atoms with Gasteiger partial charge in [-0.25, -0.2) is 9.18 Å². The maximum atomic E-state index is 13.7. The van der Waals surface area contributed by atoms with Crippen molar-refractivity contribution in [2.75, 3.05) is 19.8 Å². The van der Waals surface area contributed by atoms with Crippen LogP contribution in [0.3, 0.4) is 0 Å². The molecule has 1 N–H and O–H groups in total. The minimum absolute atomic E-state index is 0.132. The number of carbonyl (C=O) groups excluding carboxylic acids is 1. The summed E-state index contributed by atoms with van der Waals surface area (Å²) in [6.45, 7) is 3.96. The topological polar surface area (TPSA) is 41.6 Å². The quantitative estimate of drug-likeness (QED) is 0.896. The summed E-state index contributed by atoms with van der Waals surface area (Å²) in [5.41, 5.74) is 0.472. The number of rotatable bonds is 2. The van der Waals surface area contributed by atoms with Gasteiger partial charge in [0.25, 0.3) is 0 Å². The molecule has 1 heterocycles. The molecule has 6 heteroatoms. The molecule has 20 heavy (non-hydrogen) atoms. The van der Waals surface area contributed by atoms with E-state index in [4.69, 9.17) is 4.74 Å². The molecule has 1 aliphatic heterocycles. The zero-order valence-electron chi connectivity index (χ0n) is 11.4. The van der Waals surface area contributed by atoms with E-state index in [1.54, 1.807) is 17.0 Å². The van der Waals surface area contributed by atoms with E-state index < -0.39 is 0 Å². The second-order valence-electron chi connectivity index (χ2n) is 4.84. The van der Waals surface area contributed by atoms with E-state index in [1.807, 2.05) is 6.92 Å². The van der Waals surface area contributed by atoms with Crippen molar-refractivity contribution in [3.8, 4) is 0 Å². The van der Waals surface area contributed by atoms with Gasteiger partial charge in [-0.2, -0.15) is 0 Å². The highest BCUT2D eigenvalue weighted by Crippen LogP contribution is 2.15. The van der Waals surface area contributed by atoms with E-state index in [-0.39, 0.29) is 24.4 Å². The van der Waals surface area contributed by atoms with Crippen LogP contribution < -0.4 is 5.32 Å². The fourth-order valence-corrected chi connectivity index (χ4v) is 2.47. The molecular formula is C14H18BrFN2O2. The fourth-order valence-electron chi connectivity index (χ4n) is 2.13. The highest BCUT2D eigenvalue weighted by atomic mass is 79.9. The van der Waals surface area contributed by atoms with Gasteiger partial charge >= 0.3 is 6.03 Å². The molecule has 0 radical (unpaired) electrons. The van der Waals surface area contributed by atoms with Gasteiger partial charge in [0.1, 0.15) is 5.82 Å². The molecule has 1 aromatic rings. The standard InChI is InChI=1S/C14H18BrFN2O2/c1-10-4-6-20-7-5-18(10)14(19)17-9-11-2-3-12(15)8-13(11)16/h2-3,8,10H,4-7,9H2,1H3,(H,17,19). The van der Waals surface area contributed by atoms with Gasteiger partial charge in [-0.1, -0.05) is 22.0 Å². The Morgan fingerprint density at radius 1 is 1.55 bits per heavy atom. The molecule has 1 aromatic carbocycles. The molecule has 110 valence electrons. The highest BCUT2D eigenvalue weighted by Gasteiger charge is 2.22. The van der Waals surface area contributed by atoms with Crippen LogP contribution in [-0.4, -0.2) is 36.7 Å². The summed E-state index contributed by atoms with van der Waals surface area (Å²) in [6, 6.07) is 4.77. The Kier molecular flexibility index (Phi) is 5.37. The number of ether oxygens (including phenoxy) is 1. The van der Waals surface area contributed by atoms with Crippen molar-refractivity contribution in [1.29, 1.82) is 0 Å². The van der Waals surface area contributed by atoms with Crippen LogP contribution in [-0.2, 0) is 11.3 Å². The van der Waals surface area contributed by atoms with Gasteiger partial charge in [-0.05, 0) is 25.5 Å². The Morgan fingerprint density at radius 3 is 3.10 bits per heavy atom. The molecule has 1 atom stereocenters. The molecule has 1 saturated heterocycles. The van der Waals surface area contributed by atoms with E-state index in [2.05, 4.69) is 21.2 Å². The molecule has 1 fully saturated rings. The van der Waals surface area contributed by atoms with Crippen molar-refractivity contribution in [1.82, 2.24) is 10.2 Å². The minimum Gasteiger partial charge on any atom is -0.380 e. The van der Waals surface area contributed by atoms with E-state index in [0.29, 0.717) is 29.8 Å². The summed E-state index contributed by atoms with van der Waals surface area (Å²) >= 11 is 3.21. The summed E-state index contributed by atoms with van der Waals surface area (Å²) in [5, 5.41) is 2.76. The number of hydrogen-bond acceptors (Lipinski definition) is 2. The Bertz CT molecular complexity index is 484. The van der Waals surface area contributed by atoms with Crippen molar-refractivity contribution in [3.05, 3.63) is 34.1 Å². The van der Waals surface area contributed by atoms with Crippen LogP contribution in [0.4, 0.5) is 9.18 Å². The number of amides is 2. The second-order valence-corrected chi connectivity index (χ2v) is 5.75. The highest BCUT2D eigenvalue weighted by molar-refractivity contribution is 9.10. The predicted molar refractivity (Wildman–Crippen MR) is 77.9 cm³/mol. The summed E-state index contributed by atoms with van der Waals surface area (Å²) < 4.78 is 19.7. The van der Waals surface area contributed by atoms with Crippen LogP contribution >= 0.6 is 15.9 Å². The van der Waals surface area contributed by atoms with Crippen molar-refractivity contribution < 1.29 is 13.9 Å². The average Bonchev–Trinajstić information content (AvgIpc) is 2.62. The third-order valence-electron chi connectivity index (χ3n) is 3.39. The first-order chi connectivity index (χ1) is 9.58. The summed E-state index contributed by atoms with van der Waals surface area (Å²) in [5.74, 6) is -0.327. The van der Waals surface area contributed by atoms with Crippen LogP contribution in [0.15, 0.2) is 22.7 Å². The Balaban J connectivity index is 1.93. The monoisotopic (exact) mass is 344 g/mol. The first-order valence-corrected chi connectivity index (χ1v) is 7.43. The summed E-state index contributed by atoms with van der Waals surface area (Å²) in [7, 11) is 0. The van der Waals surface area contributed by atoms with Gasteiger partial charge in [-0.15, -0.1) is 0 Å². The van der Waals surface area contributed by atoms with Crippen LogP contribution in [0.5, 0.6) is 0 Å². The Hall–Kier alpha value is -1.14. The number of nitrogens with zero attached hydrogens (tertiary/aromatic N) is 1. The average molecular weight is 345 g/mol. The molecule has 2 rings (SSSR count). The number of hydrogen-bond donors (Lipinski definition) is 1. The molecule has 0 saturated carbocycles. The number of halogens is 2. The lowest BCUT2D eigenvalue weighted by atomic mass is 10.2. The molecule has 2 amide bonds. The lowest BCUT2D eigenvalue weighted by molar-refractivity contribution is 0.142. The zero-order valence-corrected chi connectivity index (χ0v) is 13.0. The van der Waals surface area contributed by atoms with E-state index in [1.165, 1.54) is 6.07 Å². The molecule has 0 aromatic heterocycles. The maximum absolute atomic E-state index is 13.7. The van der Waals surface area contributed by atoms with Gasteiger partial charge in [-0.3, -0.25) is 0 Å². The SMILES string of the molecule is CC1CCOCCN1C(=O)NCc1ccc(Br)cc1F. The van der Waals surface area contributed by atoms with Crippen molar-refractivity contribution >= 4 is 22.0 Å². The zero-order chi connectivity index (χ0) is 14.5. The van der Waals surface area contributed by atoms with Crippen LogP contribution in [0.25, 0.3) is 0 Å². The van der Waals surface area contributed by atoms with Crippen molar-refractivity contribution in [2.45, 2.75) is 25.9 Å². The first kappa shape index (κ1) is 15.3. The van der Waals surface area contributed by atoms with E-state index >= 15 is 0 Å². The minimum atomic E-state index is -0.327. The number of urea groups is 1. The maximum Gasteiger partial charge on any atom is 0.317 e. The Labute approximate surface area is 126 Å². The molecule has 1 aliphatic rings. The van der Waals surface area contributed by atoms with Gasteiger partial charge < -0.3 is 15.0 Å². The van der Waals surface area contributed by atoms with Crippen molar-refractivity contribution in [2.24, 2.45) is 0 Å². The summed E-state index contributed by atoms with van der Waals surface area (Å²) in [4.78, 5) is 13.9. The smallest absolute Gasteiger partial charge is 0.317 e. The van der Waals surface area contributed by atoms with Gasteiger partial charge in [0.2, 0.25) is 0 Å². The predicted octanol–water partition coefficient (Wildman–Crippen LogP) is 2.91. The largest absolute Gasteiger partial charge is 0.380 e. The third kappa shape index (κ3) is 3.93. The van der Waals surface area contributed by atoms with E-state index in [0.717, 1.165) is 6.42 Å². The number of benzene rings is 1. The van der Waals surface area contributed by atoms with Gasteiger partial charge in [0.05, 0.1) is 6.61 Å². The lowest BCUT2D eigenvalue weighted by Crippen LogP contribution is -2.45. The number of carbonyl (C=O) groups is 1. The third-order valence-corrected chi connectivity index (χ3v) is 3.89. The van der Waals surface area contributed by atoms with Crippen LogP contribution in [0.1, 0.15) is 18.9 Å². The van der Waals surface area contributed by atoms with E-state index in [9.17, 15) is 9.18 Å².